The molecule has 21 heavy (non-hydrogen) atoms. The molecule has 1 aromatic heterocycles. The number of aromatic nitrogens is 1. The van der Waals surface area contributed by atoms with E-state index in [9.17, 15) is 8.42 Å². The second kappa shape index (κ2) is 5.82. The maximum absolute atomic E-state index is 12.6. The van der Waals surface area contributed by atoms with Crippen LogP contribution in [0.1, 0.15) is 12.8 Å². The fourth-order valence-electron chi connectivity index (χ4n) is 2.50. The van der Waals surface area contributed by atoms with Crippen LogP contribution in [0.5, 0.6) is 0 Å². The Bertz CT molecular complexity index is 756. The van der Waals surface area contributed by atoms with Gasteiger partial charge >= 0.3 is 0 Å². The van der Waals surface area contributed by atoms with Gasteiger partial charge in [0, 0.05) is 29.1 Å². The van der Waals surface area contributed by atoms with E-state index < -0.39 is 10.0 Å². The number of benzene rings is 1. The van der Waals surface area contributed by atoms with E-state index in [1.165, 1.54) is 6.07 Å². The van der Waals surface area contributed by atoms with Gasteiger partial charge in [-0.05, 0) is 42.9 Å². The SMILES string of the molecule is Nc1ccc(S(=O)(=O)NC2CCCSC2)c2ncccc12. The molecule has 1 unspecified atom stereocenters. The third kappa shape index (κ3) is 3.00. The van der Waals surface area contributed by atoms with Crippen LogP contribution in [-0.4, -0.2) is 30.9 Å². The topological polar surface area (TPSA) is 85.1 Å². The second-order valence-corrected chi connectivity index (χ2v) is 7.92. The van der Waals surface area contributed by atoms with Crippen LogP contribution in [0.15, 0.2) is 35.4 Å². The van der Waals surface area contributed by atoms with Crippen LogP contribution in [0.4, 0.5) is 5.69 Å². The number of thioether (sulfide) groups is 1. The largest absolute Gasteiger partial charge is 0.398 e. The Hall–Kier alpha value is -1.31. The van der Waals surface area contributed by atoms with Crippen molar-refractivity contribution in [1.82, 2.24) is 9.71 Å². The lowest BCUT2D eigenvalue weighted by atomic mass is 10.2. The number of hydrogen-bond donors (Lipinski definition) is 2. The number of nitrogens with one attached hydrogen (secondary N) is 1. The van der Waals surface area contributed by atoms with Crippen LogP contribution in [-0.2, 0) is 10.0 Å². The molecule has 0 amide bonds. The van der Waals surface area contributed by atoms with Crippen LogP contribution in [0.2, 0.25) is 0 Å². The molecule has 0 saturated carbocycles. The summed E-state index contributed by atoms with van der Waals surface area (Å²) in [5, 5.41) is 0.665. The molecule has 1 fully saturated rings. The first kappa shape index (κ1) is 14.6. The van der Waals surface area contributed by atoms with Crippen molar-refractivity contribution in [3.05, 3.63) is 30.5 Å². The number of hydrogen-bond acceptors (Lipinski definition) is 5. The van der Waals surface area contributed by atoms with Gasteiger partial charge in [0.05, 0.1) is 5.52 Å². The summed E-state index contributed by atoms with van der Waals surface area (Å²) in [4.78, 5) is 4.39. The molecular weight excluding hydrogens is 306 g/mol. The van der Waals surface area contributed by atoms with Crippen molar-refractivity contribution < 1.29 is 8.42 Å². The average molecular weight is 323 g/mol. The van der Waals surface area contributed by atoms with E-state index in [1.807, 2.05) is 0 Å². The molecule has 1 aliphatic rings. The molecule has 0 bridgehead atoms. The Kier molecular flexibility index (Phi) is 4.05. The van der Waals surface area contributed by atoms with Crippen LogP contribution in [0.25, 0.3) is 10.9 Å². The van der Waals surface area contributed by atoms with E-state index in [2.05, 4.69) is 9.71 Å². The fraction of sp³-hybridized carbons (Fsp3) is 0.357. The van der Waals surface area contributed by atoms with E-state index in [-0.39, 0.29) is 10.9 Å². The van der Waals surface area contributed by atoms with Crippen LogP contribution >= 0.6 is 11.8 Å². The minimum Gasteiger partial charge on any atom is -0.398 e. The Balaban J connectivity index is 2.00. The quantitative estimate of drug-likeness (QED) is 0.844. The molecule has 3 rings (SSSR count). The molecular formula is C14H17N3O2S2. The molecule has 0 aliphatic carbocycles. The first-order valence-corrected chi connectivity index (χ1v) is 9.45. The summed E-state index contributed by atoms with van der Waals surface area (Å²) >= 11 is 1.78. The highest BCUT2D eigenvalue weighted by Crippen LogP contribution is 2.27. The number of fused-ring (bicyclic) bond motifs is 1. The maximum Gasteiger partial charge on any atom is 0.243 e. The van der Waals surface area contributed by atoms with Gasteiger partial charge in [0.2, 0.25) is 10.0 Å². The Morgan fingerprint density at radius 3 is 2.95 bits per heavy atom. The zero-order chi connectivity index (χ0) is 14.9. The lowest BCUT2D eigenvalue weighted by Gasteiger charge is -2.22. The molecule has 2 heterocycles. The monoisotopic (exact) mass is 323 g/mol. The fourth-order valence-corrected chi connectivity index (χ4v) is 5.11. The van der Waals surface area contributed by atoms with Gasteiger partial charge in [0.1, 0.15) is 4.90 Å². The number of sulfonamides is 1. The van der Waals surface area contributed by atoms with Gasteiger partial charge in [-0.2, -0.15) is 11.8 Å². The third-order valence-corrected chi connectivity index (χ3v) is 6.31. The standard InChI is InChI=1S/C14H17N3O2S2/c15-12-5-6-13(14-11(12)4-1-7-16-14)21(18,19)17-10-3-2-8-20-9-10/h1,4-7,10,17H,2-3,8-9,15H2. The summed E-state index contributed by atoms with van der Waals surface area (Å²) < 4.78 is 28.0. The summed E-state index contributed by atoms with van der Waals surface area (Å²) in [5.74, 6) is 1.92. The minimum absolute atomic E-state index is 0.00920. The van der Waals surface area contributed by atoms with Crippen molar-refractivity contribution in [3.8, 4) is 0 Å². The van der Waals surface area contributed by atoms with Crippen molar-refractivity contribution >= 4 is 38.4 Å². The summed E-state index contributed by atoms with van der Waals surface area (Å²) in [5.41, 5.74) is 6.85. The average Bonchev–Trinajstić information content (AvgIpc) is 2.48. The summed E-state index contributed by atoms with van der Waals surface area (Å²) in [6, 6.07) is 6.68. The number of pyridine rings is 1. The van der Waals surface area contributed by atoms with Gasteiger partial charge in [0.15, 0.2) is 0 Å². The normalized spacial score (nSPS) is 19.7. The van der Waals surface area contributed by atoms with Crippen molar-refractivity contribution in [2.24, 2.45) is 0 Å². The molecule has 112 valence electrons. The van der Waals surface area contributed by atoms with Gasteiger partial charge in [-0.1, -0.05) is 0 Å². The highest BCUT2D eigenvalue weighted by atomic mass is 32.2. The predicted octanol–water partition coefficient (Wildman–Crippen LogP) is 1.99. The van der Waals surface area contributed by atoms with Crippen molar-refractivity contribution in [1.29, 1.82) is 0 Å². The van der Waals surface area contributed by atoms with E-state index >= 15 is 0 Å². The van der Waals surface area contributed by atoms with Gasteiger partial charge in [0.25, 0.3) is 0 Å². The van der Waals surface area contributed by atoms with Crippen molar-refractivity contribution in [2.45, 2.75) is 23.8 Å². The van der Waals surface area contributed by atoms with Gasteiger partial charge < -0.3 is 5.73 Å². The lowest BCUT2D eigenvalue weighted by Crippen LogP contribution is -2.38. The zero-order valence-corrected chi connectivity index (χ0v) is 13.1. The van der Waals surface area contributed by atoms with E-state index in [0.29, 0.717) is 16.6 Å². The molecule has 1 aliphatic heterocycles. The molecule has 1 atom stereocenters. The second-order valence-electron chi connectivity index (χ2n) is 5.09. The Morgan fingerprint density at radius 1 is 1.33 bits per heavy atom. The lowest BCUT2D eigenvalue weighted by molar-refractivity contribution is 0.543. The number of nitrogens with two attached hydrogens (primary N) is 1. The number of rotatable bonds is 3. The van der Waals surface area contributed by atoms with E-state index in [0.717, 1.165) is 24.3 Å². The zero-order valence-electron chi connectivity index (χ0n) is 11.5. The van der Waals surface area contributed by atoms with Crippen molar-refractivity contribution in [2.75, 3.05) is 17.2 Å². The molecule has 1 aromatic carbocycles. The molecule has 0 spiro atoms. The van der Waals surface area contributed by atoms with Gasteiger partial charge in [-0.15, -0.1) is 0 Å². The van der Waals surface area contributed by atoms with Crippen LogP contribution < -0.4 is 10.5 Å². The van der Waals surface area contributed by atoms with Crippen LogP contribution in [0, 0.1) is 0 Å². The Labute approximate surface area is 128 Å². The van der Waals surface area contributed by atoms with Gasteiger partial charge in [-0.25, -0.2) is 13.1 Å². The molecule has 0 radical (unpaired) electrons. The van der Waals surface area contributed by atoms with E-state index in [1.54, 1.807) is 36.2 Å². The molecule has 7 heteroatoms. The Morgan fingerprint density at radius 2 is 2.19 bits per heavy atom. The first-order valence-electron chi connectivity index (χ1n) is 6.81. The minimum atomic E-state index is -3.58. The summed E-state index contributed by atoms with van der Waals surface area (Å²) in [6.45, 7) is 0. The summed E-state index contributed by atoms with van der Waals surface area (Å²) in [7, 11) is -3.58. The molecule has 1 saturated heterocycles. The predicted molar refractivity (Wildman–Crippen MR) is 86.8 cm³/mol. The highest BCUT2D eigenvalue weighted by molar-refractivity contribution is 7.99. The van der Waals surface area contributed by atoms with Gasteiger partial charge in [-0.3, -0.25) is 4.98 Å². The van der Waals surface area contributed by atoms with Crippen LogP contribution in [0.3, 0.4) is 0 Å². The number of nitrogens with zero attached hydrogens (tertiary/aromatic N) is 1. The number of anilines is 1. The highest BCUT2D eigenvalue weighted by Gasteiger charge is 2.24. The molecule has 3 N–H and O–H groups in total. The van der Waals surface area contributed by atoms with E-state index in [4.69, 9.17) is 5.73 Å². The smallest absolute Gasteiger partial charge is 0.243 e. The molecule has 2 aromatic rings. The number of nitrogen functional groups attached to an aromatic ring is 1. The third-order valence-electron chi connectivity index (χ3n) is 3.54. The first-order chi connectivity index (χ1) is 10.1. The van der Waals surface area contributed by atoms with Crippen molar-refractivity contribution in [3.63, 3.8) is 0 Å². The molecule has 5 nitrogen and oxygen atoms in total. The maximum atomic E-state index is 12.6. The summed E-state index contributed by atoms with van der Waals surface area (Å²) in [6.07, 6.45) is 3.50.